The number of ether oxygens (including phenoxy) is 3. The van der Waals surface area contributed by atoms with Crippen molar-refractivity contribution < 1.29 is 58.9 Å². The van der Waals surface area contributed by atoms with E-state index < -0.39 is 102 Å². The summed E-state index contributed by atoms with van der Waals surface area (Å²) in [5.74, 6) is -4.35. The predicted octanol–water partition coefficient (Wildman–Crippen LogP) is -0.622. The van der Waals surface area contributed by atoms with Crippen LogP contribution in [0.25, 0.3) is 0 Å². The van der Waals surface area contributed by atoms with Crippen LogP contribution in [-0.4, -0.2) is 106 Å². The lowest BCUT2D eigenvalue weighted by atomic mass is 9.72. The second kappa shape index (κ2) is 11.9. The number of Topliss-reactive ketones (excluding diaryl/α,β-unsaturated/α-hetero) is 1. The molecule has 1 aliphatic heterocycles. The molecule has 1 fully saturated rings. The van der Waals surface area contributed by atoms with Gasteiger partial charge in [0.25, 0.3) is 0 Å². The SMILES string of the molecule is CNCC(=O)N[C@H]1CC(O[C@H]2C[C@](O)(C(=O)CO)Cc3c(O)c4c(c(O)c32)C(=O)c2c(OC)cccc2C4=O)O[C@@H](C)[C@H]1O. The number of carbonyl (C=O) groups excluding carboxylic acids is 4. The first-order chi connectivity index (χ1) is 20.9. The van der Waals surface area contributed by atoms with Crippen LogP contribution in [0, 0.1) is 0 Å². The summed E-state index contributed by atoms with van der Waals surface area (Å²) in [6, 6.07) is 3.51. The molecule has 2 aromatic rings. The highest BCUT2D eigenvalue weighted by atomic mass is 16.7. The number of carbonyl (C=O) groups is 4. The van der Waals surface area contributed by atoms with Gasteiger partial charge in [0.15, 0.2) is 17.9 Å². The predicted molar refractivity (Wildman–Crippen MR) is 150 cm³/mol. The van der Waals surface area contributed by atoms with Crippen LogP contribution in [0.5, 0.6) is 17.2 Å². The van der Waals surface area contributed by atoms with Crippen LogP contribution in [0.3, 0.4) is 0 Å². The average molecular weight is 615 g/mol. The van der Waals surface area contributed by atoms with Crippen LogP contribution in [0.1, 0.15) is 68.8 Å². The van der Waals surface area contributed by atoms with Gasteiger partial charge in [0.2, 0.25) is 11.7 Å². The second-order valence-electron chi connectivity index (χ2n) is 11.2. The average Bonchev–Trinajstić information content (AvgIpc) is 2.99. The summed E-state index contributed by atoms with van der Waals surface area (Å²) < 4.78 is 17.2. The van der Waals surface area contributed by atoms with Gasteiger partial charge in [-0.15, -0.1) is 0 Å². The lowest BCUT2D eigenvalue weighted by Gasteiger charge is -2.43. The first kappa shape index (κ1) is 31.5. The van der Waals surface area contributed by atoms with Gasteiger partial charge in [0, 0.05) is 36.0 Å². The molecule has 14 nitrogen and oxygen atoms in total. The first-order valence-corrected chi connectivity index (χ1v) is 14.0. The van der Waals surface area contributed by atoms with E-state index in [4.69, 9.17) is 14.2 Å². The van der Waals surface area contributed by atoms with Gasteiger partial charge < -0.3 is 50.4 Å². The minimum absolute atomic E-state index is 0.0186. The molecule has 0 saturated carbocycles. The maximum absolute atomic E-state index is 13.8. The van der Waals surface area contributed by atoms with E-state index in [9.17, 15) is 44.7 Å². The Morgan fingerprint density at radius 3 is 2.48 bits per heavy atom. The molecule has 6 atom stereocenters. The zero-order chi connectivity index (χ0) is 32.1. The van der Waals surface area contributed by atoms with Gasteiger partial charge in [-0.2, -0.15) is 0 Å². The number of benzene rings is 2. The Labute approximate surface area is 251 Å². The molecule has 2 aromatic carbocycles. The fourth-order valence-corrected chi connectivity index (χ4v) is 6.28. The highest BCUT2D eigenvalue weighted by molar-refractivity contribution is 6.31. The monoisotopic (exact) mass is 614 g/mol. The van der Waals surface area contributed by atoms with E-state index in [0.29, 0.717) is 0 Å². The molecule has 1 unspecified atom stereocenters. The third kappa shape index (κ3) is 5.12. The highest BCUT2D eigenvalue weighted by Crippen LogP contribution is 2.52. The van der Waals surface area contributed by atoms with E-state index in [1.807, 2.05) is 0 Å². The standard InChI is InChI=1S/C30H34N2O12/c1-12-25(36)15(32-19(35)10-31-2)7-20(43-12)44-17-9-30(41,18(34)11-33)8-14-22(17)29(40)24-23(27(14)38)26(37)13-5-4-6-16(42-3)21(13)28(24)39/h4-6,12,15,17,20,25,31,33,36,38,40-41H,7-11H2,1-3H3,(H,32,35)/t12-,15-,17-,20?,25+,30-/m0/s1. The van der Waals surface area contributed by atoms with Crippen molar-refractivity contribution in [2.75, 3.05) is 27.3 Å². The Bertz CT molecular complexity index is 1540. The molecule has 5 rings (SSSR count). The van der Waals surface area contributed by atoms with Crippen molar-refractivity contribution >= 4 is 23.3 Å². The van der Waals surface area contributed by atoms with Gasteiger partial charge in [0.1, 0.15) is 35.6 Å². The van der Waals surface area contributed by atoms with Crippen LogP contribution >= 0.6 is 0 Å². The fourth-order valence-electron chi connectivity index (χ4n) is 6.28. The molecule has 0 bridgehead atoms. The summed E-state index contributed by atoms with van der Waals surface area (Å²) in [7, 11) is 2.89. The maximum Gasteiger partial charge on any atom is 0.234 e. The first-order valence-electron chi connectivity index (χ1n) is 14.0. The summed E-state index contributed by atoms with van der Waals surface area (Å²) in [6.07, 6.45) is -5.76. The van der Waals surface area contributed by atoms with Crippen molar-refractivity contribution in [3.05, 3.63) is 51.6 Å². The molecule has 7 N–H and O–H groups in total. The Kier molecular flexibility index (Phi) is 8.50. The Morgan fingerprint density at radius 1 is 1.11 bits per heavy atom. The molecule has 44 heavy (non-hydrogen) atoms. The Hall–Kier alpha value is -3.92. The summed E-state index contributed by atoms with van der Waals surface area (Å²) in [6.45, 7) is 0.478. The van der Waals surface area contributed by atoms with Gasteiger partial charge >= 0.3 is 0 Å². The van der Waals surface area contributed by atoms with Crippen LogP contribution in [-0.2, 0) is 25.5 Å². The van der Waals surface area contributed by atoms with E-state index in [1.165, 1.54) is 25.3 Å². The summed E-state index contributed by atoms with van der Waals surface area (Å²) in [4.78, 5) is 52.4. The van der Waals surface area contributed by atoms with Gasteiger partial charge in [-0.05, 0) is 20.0 Å². The van der Waals surface area contributed by atoms with Crippen LogP contribution in [0.4, 0.5) is 0 Å². The molecule has 1 saturated heterocycles. The third-order valence-electron chi connectivity index (χ3n) is 8.44. The van der Waals surface area contributed by atoms with Crippen molar-refractivity contribution in [3.8, 4) is 17.2 Å². The van der Waals surface area contributed by atoms with Crippen molar-refractivity contribution in [1.29, 1.82) is 0 Å². The molecule has 1 amide bonds. The number of phenolic OH excluding ortho intramolecular Hbond substituents is 2. The number of methoxy groups -OCH3 is 1. The van der Waals surface area contributed by atoms with Crippen LogP contribution in [0.2, 0.25) is 0 Å². The second-order valence-corrected chi connectivity index (χ2v) is 11.2. The topological polar surface area (TPSA) is 221 Å². The molecule has 0 radical (unpaired) electrons. The van der Waals surface area contributed by atoms with Gasteiger partial charge in [0.05, 0.1) is 48.6 Å². The number of ketones is 3. The molecule has 3 aliphatic rings. The van der Waals surface area contributed by atoms with Crippen molar-refractivity contribution in [2.45, 2.75) is 62.4 Å². The number of aromatic hydroxyl groups is 2. The van der Waals surface area contributed by atoms with Gasteiger partial charge in [-0.25, -0.2) is 0 Å². The number of amides is 1. The number of fused-ring (bicyclic) bond motifs is 3. The molecule has 236 valence electrons. The molecule has 0 spiro atoms. The number of hydrogen-bond donors (Lipinski definition) is 7. The lowest BCUT2D eigenvalue weighted by Crippen LogP contribution is -2.56. The van der Waals surface area contributed by atoms with E-state index in [-0.39, 0.29) is 41.0 Å². The smallest absolute Gasteiger partial charge is 0.234 e. The van der Waals surface area contributed by atoms with E-state index in [2.05, 4.69) is 10.6 Å². The number of rotatable bonds is 8. The zero-order valence-corrected chi connectivity index (χ0v) is 24.2. The number of hydrogen-bond acceptors (Lipinski definition) is 13. The van der Waals surface area contributed by atoms with Crippen molar-refractivity contribution in [2.24, 2.45) is 0 Å². The minimum Gasteiger partial charge on any atom is -0.507 e. The largest absolute Gasteiger partial charge is 0.507 e. The summed E-state index contributed by atoms with van der Waals surface area (Å²) in [5.41, 5.74) is -3.87. The summed E-state index contributed by atoms with van der Waals surface area (Å²) in [5, 5.41) is 60.1. The normalized spacial score (nSPS) is 27.6. The number of likely N-dealkylation sites (N-methyl/N-ethyl adjacent to an activating group) is 1. The van der Waals surface area contributed by atoms with Crippen LogP contribution in [0.15, 0.2) is 18.2 Å². The maximum atomic E-state index is 13.8. The van der Waals surface area contributed by atoms with E-state index in [0.717, 1.165) is 0 Å². The van der Waals surface area contributed by atoms with Crippen LogP contribution < -0.4 is 15.4 Å². The van der Waals surface area contributed by atoms with E-state index >= 15 is 0 Å². The Balaban J connectivity index is 1.61. The highest BCUT2D eigenvalue weighted by Gasteiger charge is 2.50. The number of nitrogens with one attached hydrogen (secondary N) is 2. The van der Waals surface area contributed by atoms with Gasteiger partial charge in [-0.3, -0.25) is 19.2 Å². The minimum atomic E-state index is -2.30. The van der Waals surface area contributed by atoms with Gasteiger partial charge in [-0.1, -0.05) is 12.1 Å². The number of aliphatic hydroxyl groups excluding tert-OH is 2. The zero-order valence-electron chi connectivity index (χ0n) is 24.2. The Morgan fingerprint density at radius 2 is 1.82 bits per heavy atom. The third-order valence-corrected chi connectivity index (χ3v) is 8.44. The van der Waals surface area contributed by atoms with Crippen molar-refractivity contribution in [3.63, 3.8) is 0 Å². The molecular weight excluding hydrogens is 580 g/mol. The number of phenols is 2. The van der Waals surface area contributed by atoms with E-state index in [1.54, 1.807) is 14.0 Å². The molecule has 1 heterocycles. The molecule has 0 aromatic heterocycles. The molecule has 14 heteroatoms. The molecule has 2 aliphatic carbocycles. The van der Waals surface area contributed by atoms with Crippen molar-refractivity contribution in [1.82, 2.24) is 10.6 Å². The molecular formula is C30H34N2O12. The summed E-state index contributed by atoms with van der Waals surface area (Å²) >= 11 is 0. The lowest BCUT2D eigenvalue weighted by molar-refractivity contribution is -0.249. The fraction of sp³-hybridized carbons (Fsp3) is 0.467. The number of aliphatic hydroxyl groups is 3. The quantitative estimate of drug-likeness (QED) is 0.157.